The second kappa shape index (κ2) is 8.30. The summed E-state index contributed by atoms with van der Waals surface area (Å²) < 4.78 is 6.34. The molecule has 2 aromatic carbocycles. The molecule has 0 unspecified atom stereocenters. The number of ether oxygens (including phenoxy) is 1. The molecule has 0 amide bonds. The molecular formula is C17H19BrClNO. The third-order valence-corrected chi connectivity index (χ3v) is 4.30. The van der Waals surface area contributed by atoms with E-state index in [4.69, 9.17) is 16.3 Å². The number of nitrogens with one attached hydrogen (secondary N) is 1. The van der Waals surface area contributed by atoms with E-state index in [0.717, 1.165) is 35.3 Å². The average molecular weight is 369 g/mol. The highest BCUT2D eigenvalue weighted by Crippen LogP contribution is 2.23. The van der Waals surface area contributed by atoms with Gasteiger partial charge in [-0.1, -0.05) is 28.1 Å². The van der Waals surface area contributed by atoms with Crippen molar-refractivity contribution in [2.45, 2.75) is 19.4 Å². The molecule has 0 spiro atoms. The van der Waals surface area contributed by atoms with Gasteiger partial charge in [0, 0.05) is 22.6 Å². The maximum Gasteiger partial charge on any atom is 0.119 e. The van der Waals surface area contributed by atoms with Gasteiger partial charge < -0.3 is 10.1 Å². The second-order valence-corrected chi connectivity index (χ2v) is 6.04. The summed E-state index contributed by atoms with van der Waals surface area (Å²) >= 11 is 9.32. The standard InChI is InChI=1S/C17H19BrClNO/c1-21-16-7-8-17(18)14(11-16)12-20-15-6-2-4-13(10-15)5-3-9-19/h2,4,6-8,10-11,20H,3,5,9,12H2,1H3. The van der Waals surface area contributed by atoms with Gasteiger partial charge in [-0.05, 0) is 54.3 Å². The summed E-state index contributed by atoms with van der Waals surface area (Å²) in [6.45, 7) is 0.747. The summed E-state index contributed by atoms with van der Waals surface area (Å²) in [4.78, 5) is 0. The summed E-state index contributed by atoms with van der Waals surface area (Å²) in [6, 6.07) is 14.5. The first-order valence-electron chi connectivity index (χ1n) is 6.94. The Morgan fingerprint density at radius 2 is 2.05 bits per heavy atom. The van der Waals surface area contributed by atoms with Gasteiger partial charge in [0.05, 0.1) is 7.11 Å². The molecule has 21 heavy (non-hydrogen) atoms. The van der Waals surface area contributed by atoms with Crippen LogP contribution in [0.5, 0.6) is 5.75 Å². The highest BCUT2D eigenvalue weighted by atomic mass is 79.9. The molecule has 2 nitrogen and oxygen atoms in total. The monoisotopic (exact) mass is 367 g/mol. The van der Waals surface area contributed by atoms with Crippen LogP contribution in [0.1, 0.15) is 17.5 Å². The highest BCUT2D eigenvalue weighted by molar-refractivity contribution is 9.10. The van der Waals surface area contributed by atoms with E-state index in [0.29, 0.717) is 5.88 Å². The van der Waals surface area contributed by atoms with Crippen molar-refractivity contribution in [3.8, 4) is 5.75 Å². The van der Waals surface area contributed by atoms with E-state index >= 15 is 0 Å². The zero-order chi connectivity index (χ0) is 15.1. The molecule has 0 bridgehead atoms. The molecule has 0 saturated heterocycles. The number of hydrogen-bond acceptors (Lipinski definition) is 2. The van der Waals surface area contributed by atoms with Crippen LogP contribution in [0.2, 0.25) is 0 Å². The van der Waals surface area contributed by atoms with Crippen LogP contribution in [-0.4, -0.2) is 13.0 Å². The summed E-state index contributed by atoms with van der Waals surface area (Å²) in [5, 5.41) is 3.45. The quantitative estimate of drug-likeness (QED) is 0.675. The van der Waals surface area contributed by atoms with Crippen molar-refractivity contribution in [1.82, 2.24) is 0 Å². The number of halogens is 2. The van der Waals surface area contributed by atoms with Crippen LogP contribution in [-0.2, 0) is 13.0 Å². The van der Waals surface area contributed by atoms with E-state index < -0.39 is 0 Å². The van der Waals surface area contributed by atoms with Crippen molar-refractivity contribution >= 4 is 33.2 Å². The number of rotatable bonds is 7. The summed E-state index contributed by atoms with van der Waals surface area (Å²) in [6.07, 6.45) is 2.02. The predicted octanol–water partition coefficient (Wildman–Crippen LogP) is 5.24. The van der Waals surface area contributed by atoms with Crippen molar-refractivity contribution in [2.24, 2.45) is 0 Å². The van der Waals surface area contributed by atoms with Crippen LogP contribution < -0.4 is 10.1 Å². The zero-order valence-electron chi connectivity index (χ0n) is 12.0. The van der Waals surface area contributed by atoms with Crippen LogP contribution in [0.4, 0.5) is 5.69 Å². The van der Waals surface area contributed by atoms with E-state index in [1.165, 1.54) is 11.1 Å². The highest BCUT2D eigenvalue weighted by Gasteiger charge is 2.03. The van der Waals surface area contributed by atoms with Crippen molar-refractivity contribution in [1.29, 1.82) is 0 Å². The van der Waals surface area contributed by atoms with Crippen molar-refractivity contribution in [3.63, 3.8) is 0 Å². The molecule has 2 aromatic rings. The lowest BCUT2D eigenvalue weighted by Gasteiger charge is -2.11. The number of anilines is 1. The zero-order valence-corrected chi connectivity index (χ0v) is 14.4. The van der Waals surface area contributed by atoms with Gasteiger partial charge in [0.15, 0.2) is 0 Å². The molecule has 0 fully saturated rings. The van der Waals surface area contributed by atoms with Crippen molar-refractivity contribution < 1.29 is 4.74 Å². The van der Waals surface area contributed by atoms with Crippen LogP contribution in [0.15, 0.2) is 46.9 Å². The van der Waals surface area contributed by atoms with Gasteiger partial charge in [-0.3, -0.25) is 0 Å². The second-order valence-electron chi connectivity index (χ2n) is 4.80. The Hall–Kier alpha value is -1.19. The fraction of sp³-hybridized carbons (Fsp3) is 0.294. The smallest absolute Gasteiger partial charge is 0.119 e. The third-order valence-electron chi connectivity index (χ3n) is 3.26. The van der Waals surface area contributed by atoms with Crippen molar-refractivity contribution in [3.05, 3.63) is 58.1 Å². The normalized spacial score (nSPS) is 10.4. The average Bonchev–Trinajstić information content (AvgIpc) is 2.52. The van der Waals surface area contributed by atoms with Gasteiger partial charge in [0.25, 0.3) is 0 Å². The van der Waals surface area contributed by atoms with Crippen LogP contribution in [0, 0.1) is 0 Å². The van der Waals surface area contributed by atoms with E-state index in [1.54, 1.807) is 7.11 Å². The molecule has 0 radical (unpaired) electrons. The van der Waals surface area contributed by atoms with Crippen LogP contribution in [0.3, 0.4) is 0 Å². The minimum absolute atomic E-state index is 0.703. The fourth-order valence-electron chi connectivity index (χ4n) is 2.12. The van der Waals surface area contributed by atoms with E-state index in [-0.39, 0.29) is 0 Å². The molecule has 0 atom stereocenters. The lowest BCUT2D eigenvalue weighted by molar-refractivity contribution is 0.414. The minimum Gasteiger partial charge on any atom is -0.497 e. The number of benzene rings is 2. The van der Waals surface area contributed by atoms with Crippen LogP contribution >= 0.6 is 27.5 Å². The van der Waals surface area contributed by atoms with Gasteiger partial charge in [0.1, 0.15) is 5.75 Å². The molecule has 0 aliphatic heterocycles. The van der Waals surface area contributed by atoms with Gasteiger partial charge >= 0.3 is 0 Å². The first kappa shape index (κ1) is 16.2. The first-order valence-corrected chi connectivity index (χ1v) is 8.27. The lowest BCUT2D eigenvalue weighted by atomic mass is 10.1. The molecule has 0 aliphatic carbocycles. The van der Waals surface area contributed by atoms with Gasteiger partial charge in [-0.15, -0.1) is 11.6 Å². The van der Waals surface area contributed by atoms with Crippen molar-refractivity contribution in [2.75, 3.05) is 18.3 Å². The minimum atomic E-state index is 0.703. The van der Waals surface area contributed by atoms with Gasteiger partial charge in [-0.25, -0.2) is 0 Å². The summed E-state index contributed by atoms with van der Waals surface area (Å²) in [7, 11) is 1.68. The molecule has 2 rings (SSSR count). The SMILES string of the molecule is COc1ccc(Br)c(CNc2cccc(CCCCl)c2)c1. The van der Waals surface area contributed by atoms with Gasteiger partial charge in [0.2, 0.25) is 0 Å². The Kier molecular flexibility index (Phi) is 6.40. The molecule has 4 heteroatoms. The predicted molar refractivity (Wildman–Crippen MR) is 93.5 cm³/mol. The summed E-state index contributed by atoms with van der Waals surface area (Å²) in [5.74, 6) is 1.57. The molecular weight excluding hydrogens is 350 g/mol. The lowest BCUT2D eigenvalue weighted by Crippen LogP contribution is -2.01. The molecule has 1 N–H and O–H groups in total. The molecule has 0 aliphatic rings. The Balaban J connectivity index is 2.02. The number of methoxy groups -OCH3 is 1. The van der Waals surface area contributed by atoms with E-state index in [2.05, 4.69) is 45.5 Å². The van der Waals surface area contributed by atoms with Gasteiger partial charge in [-0.2, -0.15) is 0 Å². The maximum absolute atomic E-state index is 5.75. The summed E-state index contributed by atoms with van der Waals surface area (Å²) in [5.41, 5.74) is 3.60. The topological polar surface area (TPSA) is 21.3 Å². The largest absolute Gasteiger partial charge is 0.497 e. The molecule has 0 heterocycles. The molecule has 0 aromatic heterocycles. The Bertz CT molecular complexity index is 589. The maximum atomic E-state index is 5.75. The Morgan fingerprint density at radius 3 is 2.81 bits per heavy atom. The Labute approximate surface area is 139 Å². The first-order chi connectivity index (χ1) is 10.2. The van der Waals surface area contributed by atoms with E-state index in [1.807, 2.05) is 18.2 Å². The number of hydrogen-bond donors (Lipinski definition) is 1. The third kappa shape index (κ3) is 4.94. The van der Waals surface area contributed by atoms with Crippen LogP contribution in [0.25, 0.3) is 0 Å². The number of aryl methyl sites for hydroxylation is 1. The Morgan fingerprint density at radius 1 is 1.19 bits per heavy atom. The van der Waals surface area contributed by atoms with E-state index in [9.17, 15) is 0 Å². The molecule has 0 saturated carbocycles. The molecule has 112 valence electrons. The fourth-order valence-corrected chi connectivity index (χ4v) is 2.64. The number of alkyl halides is 1.